The Morgan fingerprint density at radius 2 is 1.65 bits per heavy atom. The van der Waals surface area contributed by atoms with Gasteiger partial charge in [0.05, 0.1) is 6.04 Å². The highest BCUT2D eigenvalue weighted by Gasteiger charge is 2.12. The van der Waals surface area contributed by atoms with E-state index in [0.717, 1.165) is 5.75 Å². The van der Waals surface area contributed by atoms with Crippen LogP contribution in [0.5, 0.6) is 0 Å². The van der Waals surface area contributed by atoms with E-state index in [1.54, 1.807) is 11.8 Å². The standard InChI is InChI=1S/C20H26N2S/c1-15(17-8-6-5-7-9-17)22-19(21)23-14-16-10-12-18(13-11-16)20(2,3)4/h5-13,15H,14H2,1-4H3,(H2,21,22)/t15-/m0/s1. The first-order valence-electron chi connectivity index (χ1n) is 7.96. The largest absolute Gasteiger partial charge is 0.379 e. The molecule has 0 aliphatic rings. The molecular weight excluding hydrogens is 300 g/mol. The van der Waals surface area contributed by atoms with Gasteiger partial charge in [-0.15, -0.1) is 0 Å². The van der Waals surface area contributed by atoms with Crippen molar-refractivity contribution in [2.24, 2.45) is 10.7 Å². The number of amidine groups is 1. The minimum Gasteiger partial charge on any atom is -0.379 e. The van der Waals surface area contributed by atoms with Gasteiger partial charge in [0.2, 0.25) is 0 Å². The zero-order valence-electron chi connectivity index (χ0n) is 14.4. The first kappa shape index (κ1) is 17.6. The lowest BCUT2D eigenvalue weighted by atomic mass is 9.87. The van der Waals surface area contributed by atoms with Gasteiger partial charge in [0, 0.05) is 5.75 Å². The van der Waals surface area contributed by atoms with Gasteiger partial charge in [-0.3, -0.25) is 4.99 Å². The highest BCUT2D eigenvalue weighted by Crippen LogP contribution is 2.24. The topological polar surface area (TPSA) is 38.4 Å². The normalized spacial score (nSPS) is 13.8. The maximum atomic E-state index is 6.07. The van der Waals surface area contributed by atoms with Gasteiger partial charge in [0.1, 0.15) is 0 Å². The van der Waals surface area contributed by atoms with Crippen molar-refractivity contribution in [2.75, 3.05) is 0 Å². The molecule has 2 aromatic rings. The Morgan fingerprint density at radius 3 is 2.22 bits per heavy atom. The molecular formula is C20H26N2S. The second kappa shape index (κ2) is 7.69. The zero-order chi connectivity index (χ0) is 16.9. The summed E-state index contributed by atoms with van der Waals surface area (Å²) in [5.41, 5.74) is 10.1. The molecule has 0 spiro atoms. The molecule has 0 aliphatic carbocycles. The van der Waals surface area contributed by atoms with Crippen LogP contribution in [0.15, 0.2) is 59.6 Å². The summed E-state index contributed by atoms with van der Waals surface area (Å²) in [5, 5.41) is 0.640. The summed E-state index contributed by atoms with van der Waals surface area (Å²) < 4.78 is 0. The molecule has 23 heavy (non-hydrogen) atoms. The highest BCUT2D eigenvalue weighted by molar-refractivity contribution is 8.13. The number of aliphatic imine (C=N–C) groups is 1. The molecule has 0 heterocycles. The van der Waals surface area contributed by atoms with Crippen LogP contribution >= 0.6 is 11.8 Å². The fraction of sp³-hybridized carbons (Fsp3) is 0.350. The van der Waals surface area contributed by atoms with E-state index in [1.165, 1.54) is 16.7 Å². The summed E-state index contributed by atoms with van der Waals surface area (Å²) in [7, 11) is 0. The Kier molecular flexibility index (Phi) is 5.89. The molecule has 0 saturated heterocycles. The third-order valence-corrected chi connectivity index (χ3v) is 4.69. The molecule has 0 saturated carbocycles. The minimum atomic E-state index is 0.0898. The van der Waals surface area contributed by atoms with Crippen molar-refractivity contribution in [1.82, 2.24) is 0 Å². The summed E-state index contributed by atoms with van der Waals surface area (Å²) in [6.07, 6.45) is 0. The van der Waals surface area contributed by atoms with Crippen LogP contribution in [0.1, 0.15) is 50.4 Å². The van der Waals surface area contributed by atoms with Crippen LogP contribution in [0.4, 0.5) is 0 Å². The van der Waals surface area contributed by atoms with Gasteiger partial charge in [-0.25, -0.2) is 0 Å². The zero-order valence-corrected chi connectivity index (χ0v) is 15.2. The second-order valence-corrected chi connectivity index (χ2v) is 7.79. The van der Waals surface area contributed by atoms with Gasteiger partial charge in [-0.1, -0.05) is 87.1 Å². The predicted octanol–water partition coefficient (Wildman–Crippen LogP) is 5.29. The van der Waals surface area contributed by atoms with Gasteiger partial charge in [-0.05, 0) is 29.0 Å². The van der Waals surface area contributed by atoms with Crippen molar-refractivity contribution in [3.05, 3.63) is 71.3 Å². The number of thioether (sulfide) groups is 1. The summed E-state index contributed by atoms with van der Waals surface area (Å²) in [6.45, 7) is 8.76. The van der Waals surface area contributed by atoms with Gasteiger partial charge in [0.15, 0.2) is 5.17 Å². The first-order valence-corrected chi connectivity index (χ1v) is 8.95. The van der Waals surface area contributed by atoms with Crippen LogP contribution in [-0.2, 0) is 11.2 Å². The van der Waals surface area contributed by atoms with Crippen molar-refractivity contribution >= 4 is 16.9 Å². The van der Waals surface area contributed by atoms with E-state index < -0.39 is 0 Å². The van der Waals surface area contributed by atoms with Crippen molar-refractivity contribution in [1.29, 1.82) is 0 Å². The van der Waals surface area contributed by atoms with Crippen molar-refractivity contribution < 1.29 is 0 Å². The molecule has 0 radical (unpaired) electrons. The lowest BCUT2D eigenvalue weighted by Crippen LogP contribution is -2.11. The number of nitrogens with two attached hydrogens (primary N) is 1. The van der Waals surface area contributed by atoms with Crippen LogP contribution in [0.3, 0.4) is 0 Å². The maximum Gasteiger partial charge on any atom is 0.154 e. The number of rotatable bonds is 4. The third kappa shape index (κ3) is 5.43. The Labute approximate surface area is 144 Å². The van der Waals surface area contributed by atoms with E-state index in [1.807, 2.05) is 18.2 Å². The summed E-state index contributed by atoms with van der Waals surface area (Å²) in [5.74, 6) is 0.848. The molecule has 0 bridgehead atoms. The first-order chi connectivity index (χ1) is 10.9. The fourth-order valence-electron chi connectivity index (χ4n) is 2.29. The minimum absolute atomic E-state index is 0.0898. The molecule has 2 N–H and O–H groups in total. The van der Waals surface area contributed by atoms with Gasteiger partial charge >= 0.3 is 0 Å². The summed E-state index contributed by atoms with van der Waals surface area (Å²) in [4.78, 5) is 4.58. The van der Waals surface area contributed by atoms with E-state index in [9.17, 15) is 0 Å². The van der Waals surface area contributed by atoms with E-state index in [-0.39, 0.29) is 11.5 Å². The van der Waals surface area contributed by atoms with Crippen molar-refractivity contribution in [3.63, 3.8) is 0 Å². The Morgan fingerprint density at radius 1 is 1.04 bits per heavy atom. The molecule has 2 nitrogen and oxygen atoms in total. The van der Waals surface area contributed by atoms with E-state index in [0.29, 0.717) is 5.17 Å². The molecule has 1 atom stereocenters. The number of benzene rings is 2. The molecule has 2 aromatic carbocycles. The number of hydrogen-bond acceptors (Lipinski definition) is 2. The van der Waals surface area contributed by atoms with Gasteiger partial charge in [0.25, 0.3) is 0 Å². The maximum absolute atomic E-state index is 6.07. The lowest BCUT2D eigenvalue weighted by molar-refractivity contribution is 0.590. The monoisotopic (exact) mass is 326 g/mol. The third-order valence-electron chi connectivity index (χ3n) is 3.81. The molecule has 122 valence electrons. The second-order valence-electron chi connectivity index (χ2n) is 6.79. The van der Waals surface area contributed by atoms with Crippen LogP contribution in [0, 0.1) is 0 Å². The van der Waals surface area contributed by atoms with Crippen LogP contribution < -0.4 is 5.73 Å². The molecule has 0 amide bonds. The average Bonchev–Trinajstić information content (AvgIpc) is 2.53. The number of nitrogens with zero attached hydrogens (tertiary/aromatic N) is 1. The molecule has 0 fully saturated rings. The Balaban J connectivity index is 1.93. The van der Waals surface area contributed by atoms with Crippen molar-refractivity contribution in [2.45, 2.75) is 44.9 Å². The summed E-state index contributed by atoms with van der Waals surface area (Å²) >= 11 is 1.59. The molecule has 0 aromatic heterocycles. The highest BCUT2D eigenvalue weighted by atomic mass is 32.2. The SMILES string of the molecule is C[C@H](N=C(N)SCc1ccc(C(C)(C)C)cc1)c1ccccc1. The smallest absolute Gasteiger partial charge is 0.154 e. The Bertz CT molecular complexity index is 640. The van der Waals surface area contributed by atoms with Gasteiger partial charge < -0.3 is 5.73 Å². The fourth-order valence-corrected chi connectivity index (χ4v) is 3.03. The van der Waals surface area contributed by atoms with Crippen LogP contribution in [0.2, 0.25) is 0 Å². The number of hydrogen-bond donors (Lipinski definition) is 1. The Hall–Kier alpha value is -1.74. The van der Waals surface area contributed by atoms with Gasteiger partial charge in [-0.2, -0.15) is 0 Å². The predicted molar refractivity (Wildman–Crippen MR) is 103 cm³/mol. The van der Waals surface area contributed by atoms with Crippen LogP contribution in [-0.4, -0.2) is 5.17 Å². The molecule has 0 unspecified atom stereocenters. The van der Waals surface area contributed by atoms with E-state index >= 15 is 0 Å². The lowest BCUT2D eigenvalue weighted by Gasteiger charge is -2.19. The van der Waals surface area contributed by atoms with Crippen molar-refractivity contribution in [3.8, 4) is 0 Å². The molecule has 3 heteroatoms. The quantitative estimate of drug-likeness (QED) is 0.612. The summed E-state index contributed by atoms with van der Waals surface area (Å²) in [6, 6.07) is 19.1. The van der Waals surface area contributed by atoms with Crippen LogP contribution in [0.25, 0.3) is 0 Å². The molecule has 0 aliphatic heterocycles. The van der Waals surface area contributed by atoms with E-state index in [4.69, 9.17) is 5.73 Å². The van der Waals surface area contributed by atoms with E-state index in [2.05, 4.69) is 69.1 Å². The molecule has 2 rings (SSSR count). The average molecular weight is 327 g/mol.